The molecule has 0 aliphatic carbocycles. The van der Waals surface area contributed by atoms with Crippen LogP contribution in [-0.2, 0) is 4.79 Å². The summed E-state index contributed by atoms with van der Waals surface area (Å²) in [6, 6.07) is 10.3. The van der Waals surface area contributed by atoms with Gasteiger partial charge in [0.15, 0.2) is 16.6 Å². The average Bonchev–Trinajstić information content (AvgIpc) is 2.80. The van der Waals surface area contributed by atoms with Crippen molar-refractivity contribution in [3.8, 4) is 17.2 Å². The molecule has 34 heavy (non-hydrogen) atoms. The van der Waals surface area contributed by atoms with E-state index < -0.39 is 5.91 Å². The van der Waals surface area contributed by atoms with Crippen LogP contribution in [0.5, 0.6) is 17.2 Å². The first kappa shape index (κ1) is 26.9. The van der Waals surface area contributed by atoms with Crippen LogP contribution in [0.1, 0.15) is 57.3 Å². The molecule has 2 rings (SSSR count). The summed E-state index contributed by atoms with van der Waals surface area (Å²) in [7, 11) is 0. The van der Waals surface area contributed by atoms with Crippen molar-refractivity contribution in [2.24, 2.45) is 0 Å². The van der Waals surface area contributed by atoms with E-state index in [-0.39, 0.29) is 11.0 Å². The van der Waals surface area contributed by atoms with E-state index in [1.165, 1.54) is 0 Å². The molecule has 0 spiro atoms. The van der Waals surface area contributed by atoms with Gasteiger partial charge in [0, 0.05) is 23.4 Å². The predicted octanol–water partition coefficient (Wildman–Crippen LogP) is 5.14. The maximum absolute atomic E-state index is 12.9. The minimum atomic E-state index is -0.425. The Morgan fingerprint density at radius 2 is 1.44 bits per heavy atom. The number of carbonyl (C=O) groups is 2. The minimum Gasteiger partial charge on any atom is -0.490 e. The van der Waals surface area contributed by atoms with Gasteiger partial charge in [0.1, 0.15) is 0 Å². The molecule has 0 radical (unpaired) electrons. The lowest BCUT2D eigenvalue weighted by Gasteiger charge is -2.17. The predicted molar refractivity (Wildman–Crippen MR) is 138 cm³/mol. The van der Waals surface area contributed by atoms with Crippen LogP contribution in [0, 0.1) is 0 Å². The number of anilines is 2. The Bertz CT molecular complexity index is 969. The van der Waals surface area contributed by atoms with Gasteiger partial charge in [-0.3, -0.25) is 14.9 Å². The number of unbranched alkanes of at least 4 members (excludes halogenated alkanes) is 1. The molecule has 2 aromatic rings. The molecule has 0 aliphatic rings. The third kappa shape index (κ3) is 8.22. The van der Waals surface area contributed by atoms with Crippen LogP contribution in [0.15, 0.2) is 36.4 Å². The second-order valence-electron chi connectivity index (χ2n) is 7.24. The topological polar surface area (TPSA) is 97.9 Å². The maximum Gasteiger partial charge on any atom is 0.257 e. The Hall–Kier alpha value is -3.33. The summed E-state index contributed by atoms with van der Waals surface area (Å²) in [5.74, 6) is 0.838. The summed E-state index contributed by atoms with van der Waals surface area (Å²) in [5.41, 5.74) is 1.60. The summed E-state index contributed by atoms with van der Waals surface area (Å²) in [4.78, 5) is 24.9. The van der Waals surface area contributed by atoms with Crippen molar-refractivity contribution in [3.05, 3.63) is 42.0 Å². The Kier molecular flexibility index (Phi) is 11.1. The second-order valence-corrected chi connectivity index (χ2v) is 7.65. The van der Waals surface area contributed by atoms with Crippen LogP contribution in [0.3, 0.4) is 0 Å². The Morgan fingerprint density at radius 1 is 0.853 bits per heavy atom. The molecule has 0 fully saturated rings. The van der Waals surface area contributed by atoms with E-state index in [9.17, 15) is 9.59 Å². The van der Waals surface area contributed by atoms with Gasteiger partial charge in [-0.1, -0.05) is 19.4 Å². The van der Waals surface area contributed by atoms with Gasteiger partial charge in [-0.2, -0.15) is 0 Å². The zero-order valence-corrected chi connectivity index (χ0v) is 21.0. The standard InChI is InChI=1S/C25H33N3O5S/c1-5-9-13-22(29)26-18-11-10-12-19(16-18)27-25(34)28-24(30)17-14-20(31-6-2)23(33-8-4)21(15-17)32-7-3/h10-12,14-16H,5-9,13H2,1-4H3,(H,26,29)(H2,27,28,30,34). The van der Waals surface area contributed by atoms with Crippen LogP contribution in [0.2, 0.25) is 0 Å². The zero-order valence-electron chi connectivity index (χ0n) is 20.2. The van der Waals surface area contributed by atoms with E-state index in [0.29, 0.717) is 60.4 Å². The van der Waals surface area contributed by atoms with Gasteiger partial charge < -0.3 is 24.8 Å². The van der Waals surface area contributed by atoms with Crippen molar-refractivity contribution < 1.29 is 23.8 Å². The van der Waals surface area contributed by atoms with Crippen molar-refractivity contribution in [2.45, 2.75) is 47.0 Å². The van der Waals surface area contributed by atoms with E-state index >= 15 is 0 Å². The summed E-state index contributed by atoms with van der Waals surface area (Å²) in [6.45, 7) is 8.84. The van der Waals surface area contributed by atoms with Crippen LogP contribution in [-0.4, -0.2) is 36.7 Å². The van der Waals surface area contributed by atoms with Gasteiger partial charge in [-0.05, 0) is 69.7 Å². The number of hydrogen-bond donors (Lipinski definition) is 3. The number of amides is 2. The van der Waals surface area contributed by atoms with Gasteiger partial charge in [0.25, 0.3) is 5.91 Å². The van der Waals surface area contributed by atoms with Gasteiger partial charge in [0.05, 0.1) is 19.8 Å². The number of ether oxygens (including phenoxy) is 3. The minimum absolute atomic E-state index is 0.0411. The van der Waals surface area contributed by atoms with Crippen LogP contribution >= 0.6 is 12.2 Å². The molecule has 0 atom stereocenters. The quantitative estimate of drug-likeness (QED) is 0.357. The van der Waals surface area contributed by atoms with E-state index in [0.717, 1.165) is 12.8 Å². The fourth-order valence-corrected chi connectivity index (χ4v) is 3.30. The molecule has 0 unspecified atom stereocenters. The lowest BCUT2D eigenvalue weighted by Crippen LogP contribution is -2.34. The summed E-state index contributed by atoms with van der Waals surface area (Å²) in [6.07, 6.45) is 2.26. The SMILES string of the molecule is CCCCC(=O)Nc1cccc(NC(=S)NC(=O)c2cc(OCC)c(OCC)c(OCC)c2)c1. The Balaban J connectivity index is 2.11. The summed E-state index contributed by atoms with van der Waals surface area (Å²) < 4.78 is 17.0. The van der Waals surface area contributed by atoms with Crippen LogP contribution in [0.25, 0.3) is 0 Å². The van der Waals surface area contributed by atoms with Gasteiger partial charge in [-0.15, -0.1) is 0 Å². The molecule has 0 aromatic heterocycles. The molecule has 0 saturated carbocycles. The van der Waals surface area contributed by atoms with Crippen molar-refractivity contribution in [1.82, 2.24) is 5.32 Å². The third-order valence-electron chi connectivity index (χ3n) is 4.56. The van der Waals surface area contributed by atoms with Crippen molar-refractivity contribution in [1.29, 1.82) is 0 Å². The summed E-state index contributed by atoms with van der Waals surface area (Å²) in [5, 5.41) is 8.61. The highest BCUT2D eigenvalue weighted by Crippen LogP contribution is 2.39. The number of thiocarbonyl (C=S) groups is 1. The molecule has 0 heterocycles. The summed E-state index contributed by atoms with van der Waals surface area (Å²) >= 11 is 5.32. The van der Waals surface area contributed by atoms with Crippen molar-refractivity contribution >= 4 is 40.5 Å². The number of hydrogen-bond acceptors (Lipinski definition) is 6. The van der Waals surface area contributed by atoms with E-state index in [1.54, 1.807) is 36.4 Å². The maximum atomic E-state index is 12.9. The highest BCUT2D eigenvalue weighted by molar-refractivity contribution is 7.80. The number of carbonyl (C=O) groups excluding carboxylic acids is 2. The van der Waals surface area contributed by atoms with Gasteiger partial charge in [-0.25, -0.2) is 0 Å². The zero-order chi connectivity index (χ0) is 24.9. The lowest BCUT2D eigenvalue weighted by atomic mass is 10.1. The highest BCUT2D eigenvalue weighted by Gasteiger charge is 2.19. The average molecular weight is 488 g/mol. The van der Waals surface area contributed by atoms with Gasteiger partial charge >= 0.3 is 0 Å². The fourth-order valence-electron chi connectivity index (χ4n) is 3.09. The fraction of sp³-hybridized carbons (Fsp3) is 0.400. The molecule has 184 valence electrons. The Morgan fingerprint density at radius 3 is 2.00 bits per heavy atom. The number of nitrogens with one attached hydrogen (secondary N) is 3. The van der Waals surface area contributed by atoms with E-state index in [4.69, 9.17) is 26.4 Å². The van der Waals surface area contributed by atoms with Crippen LogP contribution < -0.4 is 30.2 Å². The Labute approximate surface area is 206 Å². The lowest BCUT2D eigenvalue weighted by molar-refractivity contribution is -0.116. The first-order valence-corrected chi connectivity index (χ1v) is 11.9. The first-order chi connectivity index (χ1) is 16.4. The number of rotatable bonds is 12. The molecular weight excluding hydrogens is 454 g/mol. The molecule has 9 heteroatoms. The van der Waals surface area contributed by atoms with Crippen molar-refractivity contribution in [2.75, 3.05) is 30.5 Å². The normalized spacial score (nSPS) is 10.2. The third-order valence-corrected chi connectivity index (χ3v) is 4.76. The highest BCUT2D eigenvalue weighted by atomic mass is 32.1. The molecular formula is C25H33N3O5S. The van der Waals surface area contributed by atoms with E-state index in [2.05, 4.69) is 16.0 Å². The monoisotopic (exact) mass is 487 g/mol. The van der Waals surface area contributed by atoms with Crippen LogP contribution in [0.4, 0.5) is 11.4 Å². The molecule has 0 saturated heterocycles. The smallest absolute Gasteiger partial charge is 0.257 e. The van der Waals surface area contributed by atoms with E-state index in [1.807, 2.05) is 27.7 Å². The first-order valence-electron chi connectivity index (χ1n) is 11.5. The van der Waals surface area contributed by atoms with Crippen molar-refractivity contribution in [3.63, 3.8) is 0 Å². The molecule has 2 aromatic carbocycles. The molecule has 8 nitrogen and oxygen atoms in total. The molecule has 3 N–H and O–H groups in total. The van der Waals surface area contributed by atoms with Gasteiger partial charge in [0.2, 0.25) is 11.7 Å². The largest absolute Gasteiger partial charge is 0.490 e. The molecule has 0 aliphatic heterocycles. The molecule has 0 bridgehead atoms. The number of benzene rings is 2. The molecule has 2 amide bonds. The second kappa shape index (κ2) is 14.0.